The fourth-order valence-corrected chi connectivity index (χ4v) is 3.28. The summed E-state index contributed by atoms with van der Waals surface area (Å²) in [6.07, 6.45) is 0. The third kappa shape index (κ3) is 3.69. The highest BCUT2D eigenvalue weighted by atomic mass is 35.5. The van der Waals surface area contributed by atoms with Gasteiger partial charge in [-0.1, -0.05) is 12.1 Å². The minimum atomic E-state index is -0.265. The molecule has 0 amide bonds. The monoisotopic (exact) mass is 322 g/mol. The lowest BCUT2D eigenvalue weighted by atomic mass is 10.1. The van der Waals surface area contributed by atoms with Gasteiger partial charge in [-0.2, -0.15) is 0 Å². The van der Waals surface area contributed by atoms with Crippen molar-refractivity contribution in [1.29, 1.82) is 0 Å². The molecule has 22 heavy (non-hydrogen) atoms. The zero-order valence-electron chi connectivity index (χ0n) is 13.3. The maximum atomic E-state index is 11.8. The zero-order chi connectivity index (χ0) is 15.0. The first-order valence-electron chi connectivity index (χ1n) is 7.53. The van der Waals surface area contributed by atoms with Crippen LogP contribution >= 0.6 is 12.4 Å². The van der Waals surface area contributed by atoms with Crippen LogP contribution in [0.1, 0.15) is 25.0 Å². The first-order chi connectivity index (χ1) is 10.0. The minimum Gasteiger partial charge on any atom is -0.423 e. The van der Waals surface area contributed by atoms with Gasteiger partial charge in [0.25, 0.3) is 0 Å². The molecule has 3 rings (SSSR count). The topological polar surface area (TPSA) is 45.5 Å². The van der Waals surface area contributed by atoms with Crippen molar-refractivity contribution in [2.24, 2.45) is 0 Å². The quantitative estimate of drug-likeness (QED) is 0.864. The third-order valence-electron chi connectivity index (χ3n) is 4.01. The summed E-state index contributed by atoms with van der Waals surface area (Å²) in [6.45, 7) is 9.19. The average molecular weight is 323 g/mol. The normalized spacial score (nSPS) is 22.5. The van der Waals surface area contributed by atoms with Crippen molar-refractivity contribution in [1.82, 2.24) is 10.2 Å². The number of hydrogen-bond acceptors (Lipinski definition) is 4. The first kappa shape index (κ1) is 17.0. The van der Waals surface area contributed by atoms with Gasteiger partial charge in [0.05, 0.1) is 0 Å². The summed E-state index contributed by atoms with van der Waals surface area (Å²) in [4.78, 5) is 14.2. The van der Waals surface area contributed by atoms with Crippen molar-refractivity contribution >= 4 is 23.4 Å². The van der Waals surface area contributed by atoms with E-state index in [-0.39, 0.29) is 18.0 Å². The SMILES string of the molecule is Cc1ccc2c(CN3CC(C)NC(C)C3)cc(=O)oc2c1.Cl. The highest BCUT2D eigenvalue weighted by Gasteiger charge is 2.21. The number of nitrogens with zero attached hydrogens (tertiary/aromatic N) is 1. The second kappa shape index (κ2) is 6.82. The van der Waals surface area contributed by atoms with Crippen LogP contribution in [0.15, 0.2) is 33.5 Å². The maximum Gasteiger partial charge on any atom is 0.336 e. The predicted octanol–water partition coefficient (Wildman–Crippen LogP) is 2.71. The standard InChI is InChI=1S/C17H22N2O2.ClH/c1-11-4-5-15-14(7-17(20)21-16(15)6-11)10-19-8-12(2)18-13(3)9-19;/h4-7,12-13,18H,8-10H2,1-3H3;1H. The van der Waals surface area contributed by atoms with Gasteiger partial charge < -0.3 is 9.73 Å². The van der Waals surface area contributed by atoms with E-state index >= 15 is 0 Å². The average Bonchev–Trinajstić information content (AvgIpc) is 2.36. The Balaban J connectivity index is 0.00000176. The van der Waals surface area contributed by atoms with Gasteiger partial charge in [0.15, 0.2) is 0 Å². The number of hydrogen-bond donors (Lipinski definition) is 1. The number of fused-ring (bicyclic) bond motifs is 1. The summed E-state index contributed by atoms with van der Waals surface area (Å²) in [5, 5.41) is 4.57. The van der Waals surface area contributed by atoms with Crippen LogP contribution in [0.3, 0.4) is 0 Å². The minimum absolute atomic E-state index is 0. The van der Waals surface area contributed by atoms with Crippen LogP contribution in [-0.2, 0) is 6.54 Å². The highest BCUT2D eigenvalue weighted by Crippen LogP contribution is 2.20. The largest absolute Gasteiger partial charge is 0.423 e. The molecule has 0 saturated carbocycles. The van der Waals surface area contributed by atoms with E-state index in [1.165, 1.54) is 0 Å². The summed E-state index contributed by atoms with van der Waals surface area (Å²) in [5.74, 6) is 0. The molecule has 5 heteroatoms. The molecule has 0 aliphatic carbocycles. The first-order valence-corrected chi connectivity index (χ1v) is 7.53. The van der Waals surface area contributed by atoms with Crippen LogP contribution in [-0.4, -0.2) is 30.1 Å². The third-order valence-corrected chi connectivity index (χ3v) is 4.01. The van der Waals surface area contributed by atoms with E-state index in [2.05, 4.69) is 36.2 Å². The molecule has 1 saturated heterocycles. The number of benzene rings is 1. The Morgan fingerprint density at radius 1 is 1.23 bits per heavy atom. The van der Waals surface area contributed by atoms with Crippen molar-refractivity contribution < 1.29 is 4.42 Å². The van der Waals surface area contributed by atoms with E-state index in [0.29, 0.717) is 17.7 Å². The van der Waals surface area contributed by atoms with E-state index in [1.54, 1.807) is 6.07 Å². The second-order valence-electron chi connectivity index (χ2n) is 6.25. The Morgan fingerprint density at radius 3 is 2.59 bits per heavy atom. The van der Waals surface area contributed by atoms with Gasteiger partial charge >= 0.3 is 5.63 Å². The summed E-state index contributed by atoms with van der Waals surface area (Å²) in [7, 11) is 0. The van der Waals surface area contributed by atoms with Crippen LogP contribution in [0.25, 0.3) is 11.0 Å². The van der Waals surface area contributed by atoms with Gasteiger partial charge in [0, 0.05) is 43.2 Å². The van der Waals surface area contributed by atoms with Crippen LogP contribution in [0.4, 0.5) is 0 Å². The van der Waals surface area contributed by atoms with E-state index in [0.717, 1.165) is 36.1 Å². The molecule has 0 radical (unpaired) electrons. The van der Waals surface area contributed by atoms with Crippen molar-refractivity contribution in [3.05, 3.63) is 45.8 Å². The molecule has 4 nitrogen and oxygen atoms in total. The van der Waals surface area contributed by atoms with Gasteiger partial charge in [0.1, 0.15) is 5.58 Å². The van der Waals surface area contributed by atoms with Crippen molar-refractivity contribution in [2.45, 2.75) is 39.4 Å². The van der Waals surface area contributed by atoms with E-state index in [9.17, 15) is 4.79 Å². The molecule has 1 N–H and O–H groups in total. The lowest BCUT2D eigenvalue weighted by Crippen LogP contribution is -2.53. The molecular formula is C17H23ClN2O2. The van der Waals surface area contributed by atoms with E-state index < -0.39 is 0 Å². The second-order valence-corrected chi connectivity index (χ2v) is 6.25. The van der Waals surface area contributed by atoms with Gasteiger partial charge in [-0.15, -0.1) is 12.4 Å². The number of piperazine rings is 1. The highest BCUT2D eigenvalue weighted by molar-refractivity contribution is 5.85. The van der Waals surface area contributed by atoms with Crippen LogP contribution in [0.2, 0.25) is 0 Å². The van der Waals surface area contributed by atoms with Gasteiger partial charge in [-0.3, -0.25) is 4.90 Å². The molecule has 1 aromatic heterocycles. The molecule has 1 fully saturated rings. The van der Waals surface area contributed by atoms with E-state index in [1.807, 2.05) is 13.0 Å². The number of rotatable bonds is 2. The molecule has 120 valence electrons. The molecule has 1 aromatic carbocycles. The van der Waals surface area contributed by atoms with Crippen molar-refractivity contribution in [2.75, 3.05) is 13.1 Å². The number of aryl methyl sites for hydroxylation is 1. The van der Waals surface area contributed by atoms with Crippen molar-refractivity contribution in [3.8, 4) is 0 Å². The van der Waals surface area contributed by atoms with Gasteiger partial charge in [-0.05, 0) is 38.0 Å². The smallest absolute Gasteiger partial charge is 0.336 e. The number of nitrogens with one attached hydrogen (secondary N) is 1. The summed E-state index contributed by atoms with van der Waals surface area (Å²) >= 11 is 0. The zero-order valence-corrected chi connectivity index (χ0v) is 14.1. The van der Waals surface area contributed by atoms with E-state index in [4.69, 9.17) is 4.42 Å². The van der Waals surface area contributed by atoms with Gasteiger partial charge in [0.2, 0.25) is 0 Å². The van der Waals surface area contributed by atoms with Crippen LogP contribution < -0.4 is 10.9 Å². The Kier molecular flexibility index (Phi) is 5.27. The van der Waals surface area contributed by atoms with Crippen molar-refractivity contribution in [3.63, 3.8) is 0 Å². The lowest BCUT2D eigenvalue weighted by molar-refractivity contribution is 0.167. The van der Waals surface area contributed by atoms with Gasteiger partial charge in [-0.25, -0.2) is 4.79 Å². The molecule has 0 spiro atoms. The Bertz CT molecular complexity index is 703. The molecule has 2 heterocycles. The maximum absolute atomic E-state index is 11.8. The Labute approximate surface area is 136 Å². The lowest BCUT2D eigenvalue weighted by Gasteiger charge is -2.36. The molecular weight excluding hydrogens is 300 g/mol. The number of halogens is 1. The molecule has 1 aliphatic heterocycles. The molecule has 2 atom stereocenters. The van der Waals surface area contributed by atoms with Crippen LogP contribution in [0.5, 0.6) is 0 Å². The fraction of sp³-hybridized carbons (Fsp3) is 0.471. The Morgan fingerprint density at radius 2 is 1.91 bits per heavy atom. The molecule has 2 aromatic rings. The predicted molar refractivity (Wildman–Crippen MR) is 91.8 cm³/mol. The molecule has 0 bridgehead atoms. The summed E-state index contributed by atoms with van der Waals surface area (Å²) < 4.78 is 5.33. The summed E-state index contributed by atoms with van der Waals surface area (Å²) in [5.41, 5.74) is 2.59. The molecule has 1 aliphatic rings. The Hall–Kier alpha value is -1.36. The van der Waals surface area contributed by atoms with Crippen LogP contribution in [0, 0.1) is 6.92 Å². The molecule has 2 unspecified atom stereocenters. The fourth-order valence-electron chi connectivity index (χ4n) is 3.28. The summed E-state index contributed by atoms with van der Waals surface area (Å²) in [6, 6.07) is 8.63.